The Morgan fingerprint density at radius 3 is 2.90 bits per heavy atom. The maximum atomic E-state index is 14.1. The van der Waals surface area contributed by atoms with Gasteiger partial charge in [-0.1, -0.05) is 18.5 Å². The number of benzene rings is 1. The van der Waals surface area contributed by atoms with E-state index in [2.05, 4.69) is 10.3 Å². The van der Waals surface area contributed by atoms with Crippen molar-refractivity contribution in [3.8, 4) is 5.75 Å². The number of rotatable bonds is 4. The third kappa shape index (κ3) is 2.58. The molecule has 0 aliphatic heterocycles. The Hall–Kier alpha value is -1.75. The molecule has 1 unspecified atom stereocenters. The molecule has 20 heavy (non-hydrogen) atoms. The SMILES string of the molecule is COc1cc2c(C(C)CNC(C)=O)c[nH]c2c(F)c1Cl. The maximum Gasteiger partial charge on any atom is 0.216 e. The zero-order valence-electron chi connectivity index (χ0n) is 11.5. The Morgan fingerprint density at radius 2 is 2.30 bits per heavy atom. The van der Waals surface area contributed by atoms with Crippen LogP contribution in [0.25, 0.3) is 10.9 Å². The number of ether oxygens (including phenoxy) is 1. The van der Waals surface area contributed by atoms with Crippen molar-refractivity contribution in [2.45, 2.75) is 19.8 Å². The summed E-state index contributed by atoms with van der Waals surface area (Å²) in [4.78, 5) is 13.9. The molecule has 6 heteroatoms. The van der Waals surface area contributed by atoms with Crippen LogP contribution in [0.5, 0.6) is 5.75 Å². The number of hydrogen-bond donors (Lipinski definition) is 2. The van der Waals surface area contributed by atoms with Crippen molar-refractivity contribution in [3.63, 3.8) is 0 Å². The number of methoxy groups -OCH3 is 1. The van der Waals surface area contributed by atoms with Gasteiger partial charge in [0.2, 0.25) is 5.91 Å². The first-order valence-electron chi connectivity index (χ1n) is 6.23. The minimum Gasteiger partial charge on any atom is -0.495 e. The number of H-pyrrole nitrogens is 1. The summed E-state index contributed by atoms with van der Waals surface area (Å²) in [5.74, 6) is -0.287. The number of halogens is 2. The first-order chi connectivity index (χ1) is 9.45. The van der Waals surface area contributed by atoms with Crippen LogP contribution in [0.3, 0.4) is 0 Å². The molecule has 1 aromatic carbocycles. The fourth-order valence-corrected chi connectivity index (χ4v) is 2.39. The van der Waals surface area contributed by atoms with Crippen LogP contribution in [0.1, 0.15) is 25.3 Å². The molecule has 0 aliphatic carbocycles. The number of aromatic nitrogens is 1. The Bertz CT molecular complexity index is 654. The van der Waals surface area contributed by atoms with Crippen molar-refractivity contribution in [2.24, 2.45) is 0 Å². The van der Waals surface area contributed by atoms with E-state index in [9.17, 15) is 9.18 Å². The van der Waals surface area contributed by atoms with Crippen molar-refractivity contribution in [1.29, 1.82) is 0 Å². The smallest absolute Gasteiger partial charge is 0.216 e. The van der Waals surface area contributed by atoms with Crippen molar-refractivity contribution in [3.05, 3.63) is 28.7 Å². The molecule has 0 aliphatic rings. The Balaban J connectivity index is 2.45. The standard InChI is InChI=1S/C14H16ClFN2O2/c1-7(5-17-8(2)19)10-6-18-14-9(10)4-11(20-3)12(15)13(14)16/h4,6-7,18H,5H2,1-3H3,(H,17,19). The molecular weight excluding hydrogens is 283 g/mol. The van der Waals surface area contributed by atoms with Gasteiger partial charge < -0.3 is 15.0 Å². The van der Waals surface area contributed by atoms with Crippen molar-refractivity contribution in [1.82, 2.24) is 10.3 Å². The van der Waals surface area contributed by atoms with Crippen molar-refractivity contribution in [2.75, 3.05) is 13.7 Å². The number of amides is 1. The van der Waals surface area contributed by atoms with Gasteiger partial charge in [0.1, 0.15) is 10.8 Å². The molecule has 1 atom stereocenters. The highest BCUT2D eigenvalue weighted by atomic mass is 35.5. The van der Waals surface area contributed by atoms with E-state index < -0.39 is 5.82 Å². The van der Waals surface area contributed by atoms with Crippen LogP contribution in [-0.2, 0) is 4.79 Å². The molecule has 0 radical (unpaired) electrons. The van der Waals surface area contributed by atoms with Crippen LogP contribution in [0.15, 0.2) is 12.3 Å². The second kappa shape index (κ2) is 5.71. The van der Waals surface area contributed by atoms with E-state index in [0.717, 1.165) is 5.56 Å². The average molecular weight is 299 g/mol. The lowest BCUT2D eigenvalue weighted by Gasteiger charge is -2.12. The lowest BCUT2D eigenvalue weighted by Crippen LogP contribution is -2.24. The molecule has 0 fully saturated rings. The molecule has 1 amide bonds. The number of nitrogens with one attached hydrogen (secondary N) is 2. The van der Waals surface area contributed by atoms with Gasteiger partial charge in [0.05, 0.1) is 12.6 Å². The molecular formula is C14H16ClFN2O2. The van der Waals surface area contributed by atoms with E-state index in [0.29, 0.717) is 23.2 Å². The highest BCUT2D eigenvalue weighted by molar-refractivity contribution is 6.33. The maximum absolute atomic E-state index is 14.1. The van der Waals surface area contributed by atoms with E-state index in [1.54, 1.807) is 12.3 Å². The third-order valence-electron chi connectivity index (χ3n) is 3.26. The monoisotopic (exact) mass is 298 g/mol. The van der Waals surface area contributed by atoms with E-state index in [-0.39, 0.29) is 16.8 Å². The van der Waals surface area contributed by atoms with Gasteiger partial charge in [0.15, 0.2) is 5.82 Å². The summed E-state index contributed by atoms with van der Waals surface area (Å²) in [7, 11) is 1.44. The number of fused-ring (bicyclic) bond motifs is 1. The second-order valence-corrected chi connectivity index (χ2v) is 5.09. The van der Waals surface area contributed by atoms with Gasteiger partial charge in [-0.05, 0) is 11.6 Å². The second-order valence-electron chi connectivity index (χ2n) is 4.71. The molecule has 2 rings (SSSR count). The Labute approximate surface area is 121 Å². The summed E-state index contributed by atoms with van der Waals surface area (Å²) in [5, 5.41) is 3.42. The summed E-state index contributed by atoms with van der Waals surface area (Å²) in [5.41, 5.74) is 1.25. The lowest BCUT2D eigenvalue weighted by molar-refractivity contribution is -0.119. The van der Waals surface area contributed by atoms with Crippen molar-refractivity contribution >= 4 is 28.4 Å². The van der Waals surface area contributed by atoms with E-state index in [1.165, 1.54) is 14.0 Å². The molecule has 0 saturated heterocycles. The molecule has 2 aromatic rings. The molecule has 0 bridgehead atoms. The van der Waals surface area contributed by atoms with Gasteiger partial charge in [-0.3, -0.25) is 4.79 Å². The largest absolute Gasteiger partial charge is 0.495 e. The highest BCUT2D eigenvalue weighted by Gasteiger charge is 2.18. The Kier molecular flexibility index (Phi) is 4.18. The number of hydrogen-bond acceptors (Lipinski definition) is 2. The molecule has 1 aromatic heterocycles. The van der Waals surface area contributed by atoms with Crippen molar-refractivity contribution < 1.29 is 13.9 Å². The fourth-order valence-electron chi connectivity index (χ4n) is 2.16. The van der Waals surface area contributed by atoms with E-state index in [4.69, 9.17) is 16.3 Å². The van der Waals surface area contributed by atoms with Gasteiger partial charge in [0.25, 0.3) is 0 Å². The van der Waals surface area contributed by atoms with Gasteiger partial charge in [0, 0.05) is 31.0 Å². The van der Waals surface area contributed by atoms with Gasteiger partial charge in [-0.25, -0.2) is 4.39 Å². The van der Waals surface area contributed by atoms with E-state index in [1.807, 2.05) is 6.92 Å². The number of carbonyl (C=O) groups excluding carboxylic acids is 1. The molecule has 108 valence electrons. The summed E-state index contributed by atoms with van der Waals surface area (Å²) >= 11 is 5.89. The molecule has 2 N–H and O–H groups in total. The Morgan fingerprint density at radius 1 is 1.60 bits per heavy atom. The molecule has 1 heterocycles. The summed E-state index contributed by atoms with van der Waals surface area (Å²) in [6.45, 7) is 3.90. The van der Waals surface area contributed by atoms with Crippen LogP contribution >= 0.6 is 11.6 Å². The molecule has 0 spiro atoms. The number of aromatic amines is 1. The lowest BCUT2D eigenvalue weighted by atomic mass is 10.00. The number of carbonyl (C=O) groups is 1. The minimum atomic E-state index is -0.529. The van der Waals surface area contributed by atoms with Gasteiger partial charge in [-0.2, -0.15) is 0 Å². The van der Waals surface area contributed by atoms with Crippen LogP contribution in [0.2, 0.25) is 5.02 Å². The average Bonchev–Trinajstić information content (AvgIpc) is 2.83. The zero-order chi connectivity index (χ0) is 14.9. The highest BCUT2D eigenvalue weighted by Crippen LogP contribution is 2.36. The minimum absolute atomic E-state index is 0.0390. The summed E-state index contributed by atoms with van der Waals surface area (Å²) in [6.07, 6.45) is 1.73. The first-order valence-corrected chi connectivity index (χ1v) is 6.60. The third-order valence-corrected chi connectivity index (χ3v) is 3.62. The molecule has 4 nitrogen and oxygen atoms in total. The van der Waals surface area contributed by atoms with E-state index >= 15 is 0 Å². The van der Waals surface area contributed by atoms with Gasteiger partial charge in [-0.15, -0.1) is 0 Å². The topological polar surface area (TPSA) is 54.1 Å². The normalized spacial score (nSPS) is 12.4. The van der Waals surface area contributed by atoms with Crippen LogP contribution in [0.4, 0.5) is 4.39 Å². The van der Waals surface area contributed by atoms with Gasteiger partial charge >= 0.3 is 0 Å². The quantitative estimate of drug-likeness (QED) is 0.910. The first kappa shape index (κ1) is 14.7. The summed E-state index contributed by atoms with van der Waals surface area (Å²) < 4.78 is 19.2. The zero-order valence-corrected chi connectivity index (χ0v) is 12.3. The van der Waals surface area contributed by atoms with Crippen LogP contribution < -0.4 is 10.1 Å². The van der Waals surface area contributed by atoms with Crippen LogP contribution in [0, 0.1) is 5.82 Å². The predicted molar refractivity (Wildman–Crippen MR) is 76.9 cm³/mol. The molecule has 0 saturated carbocycles. The predicted octanol–water partition coefficient (Wildman–Crippen LogP) is 3.21. The van der Waals surface area contributed by atoms with Crippen LogP contribution in [-0.4, -0.2) is 24.5 Å². The summed E-state index contributed by atoms with van der Waals surface area (Å²) in [6, 6.07) is 1.71. The fraction of sp³-hybridized carbons (Fsp3) is 0.357.